The second-order valence-corrected chi connectivity index (χ2v) is 3.31. The van der Waals surface area contributed by atoms with Gasteiger partial charge < -0.3 is 4.84 Å². The molecule has 0 bridgehead atoms. The van der Waals surface area contributed by atoms with E-state index in [4.69, 9.17) is 5.90 Å². The fraction of sp³-hybridized carbons (Fsp3) is 0.400. The van der Waals surface area contributed by atoms with Gasteiger partial charge in [0.1, 0.15) is 0 Å². The van der Waals surface area contributed by atoms with Crippen molar-refractivity contribution in [3.63, 3.8) is 0 Å². The van der Waals surface area contributed by atoms with Crippen molar-refractivity contribution in [2.45, 2.75) is 25.6 Å². The van der Waals surface area contributed by atoms with Gasteiger partial charge in [-0.25, -0.2) is 5.90 Å². The molecule has 0 amide bonds. The fourth-order valence-corrected chi connectivity index (χ4v) is 1.33. The van der Waals surface area contributed by atoms with Crippen molar-refractivity contribution in [3.05, 3.63) is 35.4 Å². The molecule has 0 heterocycles. The normalized spacial score (nSPS) is 13.9. The lowest BCUT2D eigenvalue weighted by Crippen LogP contribution is -2.18. The van der Waals surface area contributed by atoms with Gasteiger partial charge in [0.2, 0.25) is 0 Å². The number of hydrogen-bond acceptors (Lipinski definition) is 2. The monoisotopic (exact) mass is 219 g/mol. The molecule has 1 atom stereocenters. The molecule has 0 spiro atoms. The number of benzene rings is 1. The molecule has 0 saturated carbocycles. The number of halogens is 3. The van der Waals surface area contributed by atoms with Crippen LogP contribution in [0.4, 0.5) is 13.2 Å². The molecule has 0 radical (unpaired) electrons. The van der Waals surface area contributed by atoms with Gasteiger partial charge in [0.05, 0.1) is 11.7 Å². The second kappa shape index (κ2) is 4.63. The van der Waals surface area contributed by atoms with Crippen molar-refractivity contribution >= 4 is 0 Å². The number of rotatable bonds is 3. The Balaban J connectivity index is 2.97. The highest BCUT2D eigenvalue weighted by Gasteiger charge is 2.33. The van der Waals surface area contributed by atoms with Crippen LogP contribution in [0.5, 0.6) is 0 Å². The Kier molecular flexibility index (Phi) is 3.71. The molecule has 1 aromatic rings. The van der Waals surface area contributed by atoms with Crippen molar-refractivity contribution in [1.29, 1.82) is 0 Å². The summed E-state index contributed by atoms with van der Waals surface area (Å²) in [6.07, 6.45) is -4.62. The Hall–Kier alpha value is -1.07. The van der Waals surface area contributed by atoms with Gasteiger partial charge in [0.15, 0.2) is 0 Å². The summed E-state index contributed by atoms with van der Waals surface area (Å²) in [7, 11) is 0. The van der Waals surface area contributed by atoms with E-state index in [1.54, 1.807) is 13.0 Å². The zero-order chi connectivity index (χ0) is 11.5. The number of nitrogens with two attached hydrogens (primary N) is 1. The minimum atomic E-state index is -4.33. The van der Waals surface area contributed by atoms with Crippen LogP contribution in [0.15, 0.2) is 24.3 Å². The predicted octanol–water partition coefficient (Wildman–Crippen LogP) is 2.53. The summed E-state index contributed by atoms with van der Waals surface area (Å²) < 4.78 is 37.6. The van der Waals surface area contributed by atoms with Crippen molar-refractivity contribution < 1.29 is 18.0 Å². The van der Waals surface area contributed by atoms with Gasteiger partial charge in [0.25, 0.3) is 0 Å². The summed E-state index contributed by atoms with van der Waals surface area (Å²) in [4.78, 5) is 4.45. The van der Waals surface area contributed by atoms with Crippen molar-refractivity contribution in [1.82, 2.24) is 0 Å². The van der Waals surface area contributed by atoms with Crippen LogP contribution < -0.4 is 5.90 Å². The topological polar surface area (TPSA) is 35.2 Å². The van der Waals surface area contributed by atoms with Crippen molar-refractivity contribution in [3.8, 4) is 0 Å². The van der Waals surface area contributed by atoms with Gasteiger partial charge in [-0.2, -0.15) is 13.2 Å². The summed E-state index contributed by atoms with van der Waals surface area (Å²) >= 11 is 0. The molecule has 2 nitrogen and oxygen atoms in total. The molecule has 1 unspecified atom stereocenters. The molecule has 0 saturated heterocycles. The maximum atomic E-state index is 12.5. The van der Waals surface area contributed by atoms with E-state index in [1.807, 2.05) is 0 Å². The maximum Gasteiger partial charge on any atom is 0.416 e. The van der Waals surface area contributed by atoms with E-state index >= 15 is 0 Å². The molecule has 84 valence electrons. The maximum absolute atomic E-state index is 12.5. The molecule has 5 heteroatoms. The highest BCUT2D eigenvalue weighted by atomic mass is 19.4. The molecule has 0 aliphatic rings. The predicted molar refractivity (Wildman–Crippen MR) is 49.9 cm³/mol. The van der Waals surface area contributed by atoms with E-state index in [0.29, 0.717) is 0 Å². The first-order valence-corrected chi connectivity index (χ1v) is 4.45. The molecule has 15 heavy (non-hydrogen) atoms. The van der Waals surface area contributed by atoms with Gasteiger partial charge in [-0.3, -0.25) is 0 Å². The molecular weight excluding hydrogens is 207 g/mol. The largest absolute Gasteiger partial charge is 0.416 e. The zero-order valence-electron chi connectivity index (χ0n) is 8.21. The number of alkyl halides is 3. The first-order valence-electron chi connectivity index (χ1n) is 4.45. The summed E-state index contributed by atoms with van der Waals surface area (Å²) in [6.45, 7) is 1.62. The molecule has 0 aliphatic heterocycles. The summed E-state index contributed by atoms with van der Waals surface area (Å²) in [5.41, 5.74) is -0.433. The Morgan fingerprint density at radius 3 is 2.47 bits per heavy atom. The third-order valence-corrected chi connectivity index (χ3v) is 2.06. The molecule has 2 N–H and O–H groups in total. The van der Waals surface area contributed by atoms with Crippen LogP contribution in [0.3, 0.4) is 0 Å². The molecule has 0 fully saturated rings. The van der Waals surface area contributed by atoms with E-state index in [9.17, 15) is 13.2 Å². The highest BCUT2D eigenvalue weighted by molar-refractivity contribution is 5.30. The van der Waals surface area contributed by atoms with Crippen LogP contribution in [0.2, 0.25) is 0 Å². The average molecular weight is 219 g/mol. The van der Waals surface area contributed by atoms with Gasteiger partial charge in [-0.05, 0) is 18.6 Å². The van der Waals surface area contributed by atoms with E-state index < -0.39 is 17.8 Å². The van der Waals surface area contributed by atoms with Crippen LogP contribution in [-0.4, -0.2) is 6.10 Å². The second-order valence-electron chi connectivity index (χ2n) is 3.31. The zero-order valence-corrected chi connectivity index (χ0v) is 8.21. The SMILES string of the molecule is CC(Cc1ccccc1C(F)(F)F)ON. The molecule has 1 rings (SSSR count). The van der Waals surface area contributed by atoms with Crippen molar-refractivity contribution in [2.24, 2.45) is 5.90 Å². The lowest BCUT2D eigenvalue weighted by atomic mass is 10.0. The lowest BCUT2D eigenvalue weighted by molar-refractivity contribution is -0.138. The molecular formula is C10H12F3NO. The van der Waals surface area contributed by atoms with E-state index in [2.05, 4.69) is 4.84 Å². The Bertz CT molecular complexity index is 325. The quantitative estimate of drug-likeness (QED) is 0.793. The van der Waals surface area contributed by atoms with Crippen LogP contribution in [0.25, 0.3) is 0 Å². The van der Waals surface area contributed by atoms with E-state index in [-0.39, 0.29) is 12.0 Å². The first kappa shape index (κ1) is 12.0. The average Bonchev–Trinajstić information content (AvgIpc) is 2.17. The molecule has 0 aromatic heterocycles. The van der Waals surface area contributed by atoms with E-state index in [1.165, 1.54) is 12.1 Å². The minimum Gasteiger partial charge on any atom is -0.301 e. The smallest absolute Gasteiger partial charge is 0.301 e. The standard InChI is InChI=1S/C10H12F3NO/c1-7(15-14)6-8-4-2-3-5-9(8)10(11,12)13/h2-5,7H,6,14H2,1H3. The van der Waals surface area contributed by atoms with Crippen LogP contribution >= 0.6 is 0 Å². The lowest BCUT2D eigenvalue weighted by Gasteiger charge is -2.14. The molecule has 1 aromatic carbocycles. The molecule has 0 aliphatic carbocycles. The summed E-state index contributed by atoms with van der Waals surface area (Å²) in [5, 5.41) is 0. The summed E-state index contributed by atoms with van der Waals surface area (Å²) in [6, 6.07) is 5.41. The third-order valence-electron chi connectivity index (χ3n) is 2.06. The Labute approximate surface area is 85.8 Å². The van der Waals surface area contributed by atoms with Gasteiger partial charge in [0, 0.05) is 6.42 Å². The summed E-state index contributed by atoms with van der Waals surface area (Å²) in [5.74, 6) is 4.90. The Morgan fingerprint density at radius 1 is 1.33 bits per heavy atom. The first-order chi connectivity index (χ1) is 6.95. The van der Waals surface area contributed by atoms with Crippen molar-refractivity contribution in [2.75, 3.05) is 0 Å². The van der Waals surface area contributed by atoms with Crippen LogP contribution in [0.1, 0.15) is 18.1 Å². The highest BCUT2D eigenvalue weighted by Crippen LogP contribution is 2.32. The number of hydrogen-bond donors (Lipinski definition) is 1. The fourth-order valence-electron chi connectivity index (χ4n) is 1.33. The van der Waals surface area contributed by atoms with E-state index in [0.717, 1.165) is 6.07 Å². The third kappa shape index (κ3) is 3.21. The van der Waals surface area contributed by atoms with Gasteiger partial charge in [-0.1, -0.05) is 18.2 Å². The van der Waals surface area contributed by atoms with Crippen LogP contribution in [-0.2, 0) is 17.4 Å². The minimum absolute atomic E-state index is 0.145. The Morgan fingerprint density at radius 2 is 1.93 bits per heavy atom. The van der Waals surface area contributed by atoms with Crippen LogP contribution in [0, 0.1) is 0 Å². The van der Waals surface area contributed by atoms with Gasteiger partial charge >= 0.3 is 6.18 Å². The van der Waals surface area contributed by atoms with Gasteiger partial charge in [-0.15, -0.1) is 0 Å².